The normalized spacial score (nSPS) is 41.1. The molecule has 15 fully saturated rings. The third kappa shape index (κ3) is 19.0. The molecule has 149 heavy (non-hydrogen) atoms. The van der Waals surface area contributed by atoms with Gasteiger partial charge in [0.25, 0.3) is 0 Å². The number of nitrogens with one attached hydrogen (secondary N) is 3. The molecular formula is C114H153N5O30. The van der Waals surface area contributed by atoms with Gasteiger partial charge in [0.1, 0.15) is 30.5 Å². The zero-order valence-corrected chi connectivity index (χ0v) is 90.0. The van der Waals surface area contributed by atoms with E-state index in [-0.39, 0.29) is 143 Å². The molecule has 5 unspecified atom stereocenters. The highest BCUT2D eigenvalue weighted by atomic mass is 16.6. The highest BCUT2D eigenvalue weighted by molar-refractivity contribution is 5.97. The molecule has 35 atom stereocenters. The van der Waals surface area contributed by atoms with Gasteiger partial charge in [0.05, 0.1) is 188 Å². The van der Waals surface area contributed by atoms with Crippen LogP contribution in [0.4, 0.5) is 0 Å². The van der Waals surface area contributed by atoms with E-state index in [9.17, 15) is 71.9 Å². The molecule has 5 aromatic heterocycles. The van der Waals surface area contributed by atoms with Crippen molar-refractivity contribution in [2.45, 2.75) is 292 Å². The lowest BCUT2D eigenvalue weighted by Gasteiger charge is -2.61. The number of ketones is 5. The van der Waals surface area contributed by atoms with Gasteiger partial charge in [0.15, 0.2) is 28.9 Å². The summed E-state index contributed by atoms with van der Waals surface area (Å²) in [6.45, 7) is 29.4. The maximum absolute atomic E-state index is 13.9. The summed E-state index contributed by atoms with van der Waals surface area (Å²) < 4.78 is 80.5. The monoisotopic (exact) mass is 2070 g/mol. The van der Waals surface area contributed by atoms with E-state index in [1.54, 1.807) is 86.7 Å². The first kappa shape index (κ1) is 111. The number of methoxy groups -OCH3 is 5. The van der Waals surface area contributed by atoms with Crippen molar-refractivity contribution < 1.29 is 141 Å². The van der Waals surface area contributed by atoms with Crippen molar-refractivity contribution in [2.75, 3.05) is 62.7 Å². The lowest BCUT2D eigenvalue weighted by atomic mass is 9.42. The fraction of sp³-hybridized carbons (Fsp3) is 0.693. The Morgan fingerprint density at radius 3 is 0.779 bits per heavy atom. The summed E-state index contributed by atoms with van der Waals surface area (Å²) in [5.74, 6) is -8.51. The molecule has 10 heterocycles. The Bertz CT molecular complexity index is 5660. The average molecular weight is 2070 g/mol. The van der Waals surface area contributed by atoms with Crippen LogP contribution in [0.1, 0.15) is 284 Å². The first-order valence-corrected chi connectivity index (χ1v) is 53.3. The number of ether oxygens (including phenoxy) is 10. The number of nitrogens with two attached hydrogens (primary N) is 1. The molecule has 5 saturated heterocycles. The molecule has 10 saturated carbocycles. The van der Waals surface area contributed by atoms with Gasteiger partial charge in [-0.25, -0.2) is 0 Å². The predicted octanol–water partition coefficient (Wildman–Crippen LogP) is 14.9. The predicted molar refractivity (Wildman–Crippen MR) is 531 cm³/mol. The lowest BCUT2D eigenvalue weighted by Crippen LogP contribution is -2.66. The summed E-state index contributed by atoms with van der Waals surface area (Å²) in [5.41, 5.74) is 4.23. The summed E-state index contributed by atoms with van der Waals surface area (Å²) in [7, 11) is 10.7. The molecule has 5 aromatic rings. The fourth-order valence-corrected chi connectivity index (χ4v) is 32.9. The van der Waals surface area contributed by atoms with Gasteiger partial charge in [0.2, 0.25) is 0 Å². The van der Waals surface area contributed by atoms with E-state index in [0.29, 0.717) is 135 Å². The number of carbonyl (C=O) groups is 15. The number of cyclic esters (lactones) is 5. The Morgan fingerprint density at radius 1 is 0.336 bits per heavy atom. The maximum atomic E-state index is 13.9. The van der Waals surface area contributed by atoms with Crippen LogP contribution in [0, 0.1) is 143 Å². The molecule has 5 N–H and O–H groups in total. The smallest absolute Gasteiger partial charge is 0.310 e. The molecule has 35 heteroatoms. The number of likely N-dealkylation sites (N-methyl/N-ethyl adjacent to an activating group) is 3. The molecule has 15 aliphatic rings. The Hall–Kier alpha value is -10.8. The van der Waals surface area contributed by atoms with Crippen LogP contribution in [0.2, 0.25) is 0 Å². The SMILES string of the molecule is CCN[C@@H]1C[C@@H](C(=O)OC)[C@]2(C)CC[C@H]3C(=O)O[C@H](c4ccoc4)C[C@]3(C)C2C1=O.CCN[C@H]1C[C@@H](C(=O)OC)[C@]2(C)CC[C@H]3C(=O)O[C@H](c4ccoc4)C[C@]3(C)C2C1=O.COC(=O)[C@@H]1C[C@@H](N(C)C)C(=O)C2[C@@]1(C)CC[C@H]1C(=O)O[C@H](c3ccoc3)C[C@]21C.COC(=O)[C@@H]1C[C@@H](N)C(=O)C2[C@@]1(C)CC[C@H]1C(=O)O[C@H](c3ccoc3)C[C@]21C.COC(=O)[C@@H]1C[C@@H](NC(C)C)C(=O)C2[C@@]1(C)CC[C@H]1C(=O)O[C@H](c3ccoc3)C[C@]21C. The van der Waals surface area contributed by atoms with Crippen molar-refractivity contribution in [3.8, 4) is 0 Å². The minimum Gasteiger partial charge on any atom is -0.472 e. The molecule has 0 aromatic carbocycles. The van der Waals surface area contributed by atoms with Gasteiger partial charge in [-0.2, -0.15) is 0 Å². The molecule has 0 spiro atoms. The van der Waals surface area contributed by atoms with Crippen LogP contribution in [0.25, 0.3) is 0 Å². The zero-order chi connectivity index (χ0) is 108. The Kier molecular flexibility index (Phi) is 31.5. The van der Waals surface area contributed by atoms with E-state index < -0.39 is 162 Å². The lowest BCUT2D eigenvalue weighted by molar-refractivity contribution is -0.207. The Balaban J connectivity index is 0.000000133. The van der Waals surface area contributed by atoms with Gasteiger partial charge < -0.3 is 91.1 Å². The number of furan rings is 5. The van der Waals surface area contributed by atoms with E-state index in [1.165, 1.54) is 41.8 Å². The second-order valence-corrected chi connectivity index (χ2v) is 48.4. The number of nitrogens with zero attached hydrogens (tertiary/aromatic N) is 1. The van der Waals surface area contributed by atoms with Crippen molar-refractivity contribution in [1.82, 2.24) is 20.9 Å². The van der Waals surface area contributed by atoms with Gasteiger partial charge in [-0.1, -0.05) is 96.9 Å². The number of carbonyl (C=O) groups excluding carboxylic acids is 15. The summed E-state index contributed by atoms with van der Waals surface area (Å²) in [6.07, 6.45) is 24.1. The van der Waals surface area contributed by atoms with Crippen LogP contribution in [0.5, 0.6) is 0 Å². The molecule has 814 valence electrons. The largest absolute Gasteiger partial charge is 0.472 e. The van der Waals surface area contributed by atoms with E-state index in [4.69, 9.17) is 75.2 Å². The minimum atomic E-state index is -0.733. The summed E-state index contributed by atoms with van der Waals surface area (Å²) >= 11 is 0. The van der Waals surface area contributed by atoms with Gasteiger partial charge in [-0.05, 0) is 240 Å². The summed E-state index contributed by atoms with van der Waals surface area (Å²) in [4.78, 5) is 200. The Morgan fingerprint density at radius 2 is 0.557 bits per heavy atom. The first-order valence-electron chi connectivity index (χ1n) is 53.3. The number of rotatable bonds is 17. The van der Waals surface area contributed by atoms with Crippen LogP contribution >= 0.6 is 0 Å². The third-order valence-electron chi connectivity index (χ3n) is 39.8. The molecule has 0 radical (unpaired) electrons. The van der Waals surface area contributed by atoms with Crippen LogP contribution in [-0.2, 0) is 119 Å². The van der Waals surface area contributed by atoms with E-state index >= 15 is 0 Å². The average Bonchev–Trinajstić information content (AvgIpc) is 1.71. The number of Topliss-reactive ketones (excluding diaryl/α,β-unsaturated/α-hetero) is 5. The fourth-order valence-electron chi connectivity index (χ4n) is 32.9. The van der Waals surface area contributed by atoms with Crippen molar-refractivity contribution in [2.24, 2.45) is 149 Å². The standard InChI is InChI=1S/C24H33NO6.3C23H31NO6.C21H27NO6/c1-13(2)25-17-10-16(21(27)29-5)23(3)8-6-15-22(28)31-18(14-7-9-30-12-14)11-24(15,4)20(23)19(17)26;1-22-8-6-14-21(27)30-17(13-7-9-29-12-13)11-23(14,2)19(22)18(25)16(24(3)4)10-15(22)20(26)28-5;2*1-5-24-16-10-15(20(26)28-4)22(2)8-6-14-21(27)30-17(13-7-9-29-12-13)11-23(14,3)19(22)18(16)25;1-20-6-4-12-19(25)28-15(11-5-7-27-10-11)9-21(12,2)17(20)16(23)14(22)8-13(20)18(24)26-3/h7,9,12-13,15-18,20,25H,6,8,10-11H2,1-5H3;7,9,12,14-17,19H,6,8,10-11H2,1-5H3;2*7,9,12,14-17,19,24H,5-6,8,10-11H2,1-4H3;5,7,10,12-15,17H,4,6,8-9,22H2,1-3H3/t15-,16-,17+,18-,20?,23-,24-;2*14-,15-,16+,17-,19?,22-,23-;14-,15-,16-,17-,19?,22-,23-;12-,13-,14+,15-,17?,20-,21-/m00000/s1. The number of hydrogen-bond donors (Lipinski definition) is 4. The second-order valence-electron chi connectivity index (χ2n) is 48.4. The molecule has 10 aliphatic carbocycles. The van der Waals surface area contributed by atoms with E-state index in [2.05, 4.69) is 16.0 Å². The van der Waals surface area contributed by atoms with Crippen LogP contribution in [0.15, 0.2) is 115 Å². The summed E-state index contributed by atoms with van der Waals surface area (Å²) in [6, 6.07) is 6.67. The van der Waals surface area contributed by atoms with Crippen LogP contribution in [-0.4, -0.2) is 192 Å². The molecule has 20 rings (SSSR count). The molecule has 0 amide bonds. The van der Waals surface area contributed by atoms with Gasteiger partial charge in [0, 0.05) is 63.4 Å². The molecule has 5 aliphatic heterocycles. The zero-order valence-electron chi connectivity index (χ0n) is 90.0. The van der Waals surface area contributed by atoms with E-state index in [1.807, 2.05) is 116 Å². The topological polar surface area (TPSA) is 479 Å². The van der Waals surface area contributed by atoms with Gasteiger partial charge >= 0.3 is 59.7 Å². The van der Waals surface area contributed by atoms with E-state index in [0.717, 1.165) is 27.8 Å². The van der Waals surface area contributed by atoms with Crippen LogP contribution in [0.3, 0.4) is 0 Å². The molecule has 35 nitrogen and oxygen atoms in total. The highest BCUT2D eigenvalue weighted by Crippen LogP contribution is 2.72. The highest BCUT2D eigenvalue weighted by Gasteiger charge is 2.74. The van der Waals surface area contributed by atoms with Crippen molar-refractivity contribution >= 4 is 88.6 Å². The molecule has 0 bridgehead atoms. The third-order valence-corrected chi connectivity index (χ3v) is 39.8. The first-order chi connectivity index (χ1) is 70.5. The maximum Gasteiger partial charge on any atom is 0.310 e. The van der Waals surface area contributed by atoms with Crippen LogP contribution < -0.4 is 21.7 Å². The van der Waals surface area contributed by atoms with Crippen molar-refractivity contribution in [3.05, 3.63) is 121 Å². The van der Waals surface area contributed by atoms with Crippen molar-refractivity contribution in [3.63, 3.8) is 0 Å². The van der Waals surface area contributed by atoms with Gasteiger partial charge in [-0.15, -0.1) is 0 Å². The van der Waals surface area contributed by atoms with Crippen molar-refractivity contribution in [1.29, 1.82) is 0 Å². The quantitative estimate of drug-likeness (QED) is 0.0496. The summed E-state index contributed by atoms with van der Waals surface area (Å²) in [5, 5.41) is 9.90. The minimum absolute atomic E-state index is 0.0597. The number of esters is 10. The molecular weight excluding hydrogens is 1920 g/mol. The second kappa shape index (κ2) is 42.4. The Labute approximate surface area is 870 Å². The number of hydrogen-bond acceptors (Lipinski definition) is 35. The number of fused-ring (bicyclic) bond motifs is 15. The van der Waals surface area contributed by atoms with Gasteiger partial charge in [-0.3, -0.25) is 76.8 Å².